The number of hydrogen-bond acceptors (Lipinski definition) is 6. The number of ether oxygens (including phenoxy) is 1. The van der Waals surface area contributed by atoms with Gasteiger partial charge in [0.05, 0.1) is 12.3 Å². The molecule has 2 aromatic rings. The van der Waals surface area contributed by atoms with Crippen LogP contribution in [0.15, 0.2) is 29.9 Å². The molecule has 0 radical (unpaired) electrons. The summed E-state index contributed by atoms with van der Waals surface area (Å²) in [5.41, 5.74) is 1.91. The van der Waals surface area contributed by atoms with Crippen LogP contribution in [0.1, 0.15) is 31.9 Å². The van der Waals surface area contributed by atoms with E-state index in [0.717, 1.165) is 29.1 Å². The monoisotopic (exact) mass is 388 g/mol. The fraction of sp³-hybridized carbons (Fsp3) is 0.474. The van der Waals surface area contributed by atoms with Crippen LogP contribution in [0.3, 0.4) is 0 Å². The Morgan fingerprint density at radius 2 is 2.19 bits per heavy atom. The highest BCUT2D eigenvalue weighted by Crippen LogP contribution is 2.23. The third-order valence-corrected chi connectivity index (χ3v) is 5.39. The Hall–Kier alpha value is -2.48. The van der Waals surface area contributed by atoms with Gasteiger partial charge in [0.15, 0.2) is 0 Å². The highest BCUT2D eigenvalue weighted by Gasteiger charge is 2.24. The summed E-state index contributed by atoms with van der Waals surface area (Å²) in [4.78, 5) is 34.3. The minimum Gasteiger partial charge on any atom is -0.450 e. The maximum absolute atomic E-state index is 12.2. The van der Waals surface area contributed by atoms with Crippen LogP contribution in [-0.4, -0.2) is 52.6 Å². The average Bonchev–Trinajstić information content (AvgIpc) is 3.17. The Morgan fingerprint density at radius 3 is 2.89 bits per heavy atom. The quantitative estimate of drug-likeness (QED) is 0.823. The molecule has 1 saturated heterocycles. The van der Waals surface area contributed by atoms with Crippen molar-refractivity contribution in [3.05, 3.63) is 35.6 Å². The van der Waals surface area contributed by atoms with Gasteiger partial charge in [0.1, 0.15) is 5.01 Å². The fourth-order valence-electron chi connectivity index (χ4n) is 3.01. The summed E-state index contributed by atoms with van der Waals surface area (Å²) in [6.07, 6.45) is 5.80. The van der Waals surface area contributed by atoms with E-state index in [1.165, 1.54) is 0 Å². The number of rotatable bonds is 6. The van der Waals surface area contributed by atoms with E-state index in [0.29, 0.717) is 32.5 Å². The molecule has 8 heteroatoms. The van der Waals surface area contributed by atoms with Crippen molar-refractivity contribution in [2.24, 2.45) is 0 Å². The Balaban J connectivity index is 1.41. The third kappa shape index (κ3) is 5.50. The molecule has 0 aliphatic carbocycles. The van der Waals surface area contributed by atoms with Gasteiger partial charge in [0.2, 0.25) is 5.91 Å². The molecule has 1 fully saturated rings. The molecule has 3 rings (SSSR count). The Labute approximate surface area is 162 Å². The summed E-state index contributed by atoms with van der Waals surface area (Å²) < 4.78 is 5.01. The average molecular weight is 388 g/mol. The summed E-state index contributed by atoms with van der Waals surface area (Å²) in [5.74, 6) is 0.0283. The molecule has 2 aromatic heterocycles. The molecule has 144 valence electrons. The van der Waals surface area contributed by atoms with Crippen LogP contribution in [0.5, 0.6) is 0 Å². The molecule has 7 nitrogen and oxygen atoms in total. The normalized spacial score (nSPS) is 14.8. The lowest BCUT2D eigenvalue weighted by Gasteiger charge is -2.31. The summed E-state index contributed by atoms with van der Waals surface area (Å²) in [5, 5.41) is 5.98. The predicted octanol–water partition coefficient (Wildman–Crippen LogP) is 2.87. The van der Waals surface area contributed by atoms with Gasteiger partial charge in [-0.05, 0) is 38.3 Å². The molecular formula is C19H24N4O3S. The molecular weight excluding hydrogens is 364 g/mol. The highest BCUT2D eigenvalue weighted by atomic mass is 32.1. The molecule has 27 heavy (non-hydrogen) atoms. The van der Waals surface area contributed by atoms with E-state index in [1.54, 1.807) is 35.6 Å². The molecule has 2 amide bonds. The van der Waals surface area contributed by atoms with Crippen molar-refractivity contribution in [2.45, 2.75) is 38.6 Å². The smallest absolute Gasteiger partial charge is 0.409 e. The van der Waals surface area contributed by atoms with Crippen molar-refractivity contribution in [2.75, 3.05) is 19.7 Å². The van der Waals surface area contributed by atoms with Crippen LogP contribution in [0, 0.1) is 0 Å². The zero-order valence-electron chi connectivity index (χ0n) is 15.4. The number of thiazole rings is 1. The maximum atomic E-state index is 12.2. The summed E-state index contributed by atoms with van der Waals surface area (Å²) >= 11 is 1.56. The maximum Gasteiger partial charge on any atom is 0.409 e. The first kappa shape index (κ1) is 19.3. The number of amides is 2. The summed E-state index contributed by atoms with van der Waals surface area (Å²) in [6.45, 7) is 3.41. The van der Waals surface area contributed by atoms with Crippen molar-refractivity contribution in [3.63, 3.8) is 0 Å². The second-order valence-corrected chi connectivity index (χ2v) is 7.27. The molecule has 0 bridgehead atoms. The van der Waals surface area contributed by atoms with Gasteiger partial charge in [0.25, 0.3) is 0 Å². The van der Waals surface area contributed by atoms with E-state index in [2.05, 4.69) is 15.3 Å². The number of aryl methyl sites for hydroxylation is 1. The van der Waals surface area contributed by atoms with E-state index in [1.807, 2.05) is 17.5 Å². The minimum atomic E-state index is -0.268. The molecule has 1 aliphatic rings. The highest BCUT2D eigenvalue weighted by molar-refractivity contribution is 7.13. The SMILES string of the molecule is CCOC(=O)N1CCC(NC(=O)CCc2csc(-c3cccnc3)n2)CC1. The number of carbonyl (C=O) groups excluding carboxylic acids is 2. The molecule has 1 aliphatic heterocycles. The van der Waals surface area contributed by atoms with E-state index in [4.69, 9.17) is 4.74 Å². The van der Waals surface area contributed by atoms with Gasteiger partial charge in [-0.25, -0.2) is 9.78 Å². The van der Waals surface area contributed by atoms with Crippen molar-refractivity contribution in [1.82, 2.24) is 20.2 Å². The van der Waals surface area contributed by atoms with Crippen molar-refractivity contribution >= 4 is 23.3 Å². The van der Waals surface area contributed by atoms with Gasteiger partial charge in [-0.15, -0.1) is 11.3 Å². The van der Waals surface area contributed by atoms with Crippen molar-refractivity contribution < 1.29 is 14.3 Å². The van der Waals surface area contributed by atoms with E-state index in [-0.39, 0.29) is 18.0 Å². The third-order valence-electron chi connectivity index (χ3n) is 4.45. The number of piperidine rings is 1. The van der Waals surface area contributed by atoms with E-state index >= 15 is 0 Å². The zero-order chi connectivity index (χ0) is 19.1. The number of nitrogens with one attached hydrogen (secondary N) is 1. The largest absolute Gasteiger partial charge is 0.450 e. The summed E-state index contributed by atoms with van der Waals surface area (Å²) in [6, 6.07) is 3.98. The number of carbonyl (C=O) groups is 2. The Morgan fingerprint density at radius 1 is 1.37 bits per heavy atom. The zero-order valence-corrected chi connectivity index (χ0v) is 16.2. The second-order valence-electron chi connectivity index (χ2n) is 6.41. The van der Waals surface area contributed by atoms with Gasteiger partial charge in [-0.2, -0.15) is 0 Å². The van der Waals surface area contributed by atoms with Gasteiger partial charge in [0, 0.05) is 48.9 Å². The van der Waals surface area contributed by atoms with Gasteiger partial charge >= 0.3 is 6.09 Å². The number of aromatic nitrogens is 2. The molecule has 0 unspecified atom stereocenters. The first-order valence-corrected chi connectivity index (χ1v) is 10.1. The van der Waals surface area contributed by atoms with Crippen LogP contribution >= 0.6 is 11.3 Å². The molecule has 0 spiro atoms. The van der Waals surface area contributed by atoms with Gasteiger partial charge in [-0.3, -0.25) is 9.78 Å². The lowest BCUT2D eigenvalue weighted by Crippen LogP contribution is -2.46. The Bertz CT molecular complexity index is 757. The number of nitrogens with zero attached hydrogens (tertiary/aromatic N) is 3. The van der Waals surface area contributed by atoms with Crippen LogP contribution in [0.2, 0.25) is 0 Å². The van der Waals surface area contributed by atoms with Crippen LogP contribution < -0.4 is 5.32 Å². The van der Waals surface area contributed by atoms with Gasteiger partial charge < -0.3 is 15.0 Å². The molecule has 0 saturated carbocycles. The number of pyridine rings is 1. The lowest BCUT2D eigenvalue weighted by atomic mass is 10.1. The minimum absolute atomic E-state index is 0.0283. The molecule has 3 heterocycles. The lowest BCUT2D eigenvalue weighted by molar-refractivity contribution is -0.122. The Kier molecular flexibility index (Phi) is 6.75. The topological polar surface area (TPSA) is 84.4 Å². The second kappa shape index (κ2) is 9.45. The first-order chi connectivity index (χ1) is 13.2. The molecule has 1 N–H and O–H groups in total. The van der Waals surface area contributed by atoms with Crippen LogP contribution in [0.4, 0.5) is 4.79 Å². The molecule has 0 atom stereocenters. The van der Waals surface area contributed by atoms with E-state index in [9.17, 15) is 9.59 Å². The van der Waals surface area contributed by atoms with Crippen molar-refractivity contribution in [1.29, 1.82) is 0 Å². The molecule has 0 aromatic carbocycles. The van der Waals surface area contributed by atoms with Gasteiger partial charge in [-0.1, -0.05) is 0 Å². The van der Waals surface area contributed by atoms with Crippen LogP contribution in [0.25, 0.3) is 10.6 Å². The van der Waals surface area contributed by atoms with E-state index < -0.39 is 0 Å². The fourth-order valence-corrected chi connectivity index (χ4v) is 3.85. The first-order valence-electron chi connectivity index (χ1n) is 9.21. The predicted molar refractivity (Wildman–Crippen MR) is 103 cm³/mol. The number of hydrogen-bond donors (Lipinski definition) is 1. The number of likely N-dealkylation sites (tertiary alicyclic amines) is 1. The standard InChI is InChI=1S/C19H24N4O3S/c1-2-26-19(25)23-10-7-15(8-11-23)21-17(24)6-5-16-13-27-18(22-16)14-4-3-9-20-12-14/h3-4,9,12-13,15H,2,5-8,10-11H2,1H3,(H,21,24). The van der Waals surface area contributed by atoms with Crippen LogP contribution in [-0.2, 0) is 16.0 Å². The summed E-state index contributed by atoms with van der Waals surface area (Å²) in [7, 11) is 0. The van der Waals surface area contributed by atoms with Crippen molar-refractivity contribution in [3.8, 4) is 10.6 Å².